The first-order chi connectivity index (χ1) is 6.13. The molecule has 13 heavy (non-hydrogen) atoms. The Bertz CT molecular complexity index is 153. The molecule has 0 aliphatic heterocycles. The lowest BCUT2D eigenvalue weighted by molar-refractivity contribution is -0.140. The summed E-state index contributed by atoms with van der Waals surface area (Å²) in [7, 11) is 0. The minimum Gasteiger partial charge on any atom is -0.480 e. The van der Waals surface area contributed by atoms with Gasteiger partial charge in [0.05, 0.1) is 0 Å². The number of rotatable bonds is 7. The van der Waals surface area contributed by atoms with E-state index in [9.17, 15) is 4.79 Å². The summed E-state index contributed by atoms with van der Waals surface area (Å²) in [5.74, 6) is 0.412. The molecule has 0 aliphatic carbocycles. The fraction of sp³-hybridized carbons (Fsp3) is 0.889. The highest BCUT2D eigenvalue weighted by Gasteiger charge is 2.21. The van der Waals surface area contributed by atoms with Gasteiger partial charge in [-0.2, -0.15) is 11.8 Å². The number of thioether (sulfide) groups is 1. The molecule has 0 amide bonds. The van der Waals surface area contributed by atoms with Crippen molar-refractivity contribution in [2.45, 2.75) is 26.3 Å². The topological polar surface area (TPSA) is 49.3 Å². The molecule has 2 N–H and O–H groups in total. The zero-order valence-corrected chi connectivity index (χ0v) is 9.36. The third-order valence-corrected chi connectivity index (χ3v) is 2.76. The number of hydrogen-bond donors (Lipinski definition) is 2. The van der Waals surface area contributed by atoms with Gasteiger partial charge >= 0.3 is 5.97 Å². The molecule has 0 rings (SSSR count). The fourth-order valence-corrected chi connectivity index (χ4v) is 1.41. The minimum atomic E-state index is -0.740. The molecule has 0 radical (unpaired) electrons. The molecule has 0 saturated carbocycles. The summed E-state index contributed by atoms with van der Waals surface area (Å²) in [5.41, 5.74) is 0. The first kappa shape index (κ1) is 12.8. The van der Waals surface area contributed by atoms with Crippen LogP contribution in [0.4, 0.5) is 0 Å². The van der Waals surface area contributed by atoms with Gasteiger partial charge in [-0.25, -0.2) is 0 Å². The molecule has 4 heteroatoms. The molecule has 0 aromatic heterocycles. The van der Waals surface area contributed by atoms with Crippen LogP contribution in [0.3, 0.4) is 0 Å². The van der Waals surface area contributed by atoms with Crippen LogP contribution in [0.5, 0.6) is 0 Å². The van der Waals surface area contributed by atoms with E-state index < -0.39 is 12.0 Å². The largest absolute Gasteiger partial charge is 0.480 e. The van der Waals surface area contributed by atoms with E-state index >= 15 is 0 Å². The summed E-state index contributed by atoms with van der Waals surface area (Å²) < 4.78 is 0. The zero-order valence-electron chi connectivity index (χ0n) is 8.54. The van der Waals surface area contributed by atoms with Gasteiger partial charge in [0.1, 0.15) is 6.04 Å². The van der Waals surface area contributed by atoms with Gasteiger partial charge in [0, 0.05) is 12.3 Å². The van der Waals surface area contributed by atoms with Gasteiger partial charge in [0.25, 0.3) is 0 Å². The third-order valence-electron chi connectivity index (χ3n) is 2.15. The quantitative estimate of drug-likeness (QED) is 0.617. The lowest BCUT2D eigenvalue weighted by atomic mass is 9.99. The predicted molar refractivity (Wildman–Crippen MR) is 57.3 cm³/mol. The molecule has 0 fully saturated rings. The zero-order chi connectivity index (χ0) is 10.3. The molecule has 3 nitrogen and oxygen atoms in total. The Balaban J connectivity index is 3.88. The molecule has 78 valence electrons. The highest BCUT2D eigenvalue weighted by atomic mass is 32.2. The monoisotopic (exact) mass is 205 g/mol. The van der Waals surface area contributed by atoms with Crippen LogP contribution < -0.4 is 5.32 Å². The number of hydrogen-bond acceptors (Lipinski definition) is 3. The maximum Gasteiger partial charge on any atom is 0.320 e. The van der Waals surface area contributed by atoms with Crippen LogP contribution in [0, 0.1) is 5.92 Å². The van der Waals surface area contributed by atoms with Crippen LogP contribution in [0.2, 0.25) is 0 Å². The van der Waals surface area contributed by atoms with E-state index in [4.69, 9.17) is 5.11 Å². The minimum absolute atomic E-state index is 0.194. The molecule has 2 unspecified atom stereocenters. The number of aliphatic carboxylic acids is 1. The second kappa shape index (κ2) is 7.21. The van der Waals surface area contributed by atoms with Gasteiger partial charge in [0.15, 0.2) is 0 Å². The number of carbonyl (C=O) groups is 1. The van der Waals surface area contributed by atoms with Crippen molar-refractivity contribution in [3.8, 4) is 0 Å². The fourth-order valence-electron chi connectivity index (χ4n) is 1.08. The standard InChI is InChI=1S/C9H19NO2S/c1-4-7(2)8(9(11)12)10-5-6-13-3/h7-8,10H,4-6H2,1-3H3,(H,11,12). The first-order valence-corrected chi connectivity index (χ1v) is 5.98. The Morgan fingerprint density at radius 1 is 1.62 bits per heavy atom. The Labute approximate surface area is 84.3 Å². The Morgan fingerprint density at radius 2 is 2.23 bits per heavy atom. The SMILES string of the molecule is CCC(C)C(NCCSC)C(=O)O. The second-order valence-corrected chi connectivity index (χ2v) is 4.13. The van der Waals surface area contributed by atoms with Crippen molar-refractivity contribution in [3.05, 3.63) is 0 Å². The summed E-state index contributed by atoms with van der Waals surface area (Å²) in [4.78, 5) is 10.8. The van der Waals surface area contributed by atoms with Crippen LogP contribution in [0.1, 0.15) is 20.3 Å². The highest BCUT2D eigenvalue weighted by Crippen LogP contribution is 2.07. The van der Waals surface area contributed by atoms with E-state index in [-0.39, 0.29) is 5.92 Å². The van der Waals surface area contributed by atoms with Crippen molar-refractivity contribution in [2.24, 2.45) is 5.92 Å². The van der Waals surface area contributed by atoms with Gasteiger partial charge in [-0.3, -0.25) is 4.79 Å². The molecule has 0 aromatic rings. The van der Waals surface area contributed by atoms with Crippen LogP contribution >= 0.6 is 11.8 Å². The third kappa shape index (κ3) is 5.16. The number of carboxylic acid groups (broad SMARTS) is 1. The van der Waals surface area contributed by atoms with Crippen molar-refractivity contribution < 1.29 is 9.90 Å². The summed E-state index contributed by atoms with van der Waals surface area (Å²) in [6, 6.07) is -0.392. The molecule has 0 bridgehead atoms. The highest BCUT2D eigenvalue weighted by molar-refractivity contribution is 7.98. The maximum atomic E-state index is 10.8. The molecule has 0 heterocycles. The van der Waals surface area contributed by atoms with Crippen molar-refractivity contribution in [1.29, 1.82) is 0 Å². The van der Waals surface area contributed by atoms with E-state index in [0.29, 0.717) is 0 Å². The Hall–Kier alpha value is -0.220. The van der Waals surface area contributed by atoms with Crippen LogP contribution in [0.15, 0.2) is 0 Å². The van der Waals surface area contributed by atoms with E-state index in [1.165, 1.54) is 0 Å². The van der Waals surface area contributed by atoms with Gasteiger partial charge in [-0.1, -0.05) is 20.3 Å². The van der Waals surface area contributed by atoms with Gasteiger partial charge in [-0.15, -0.1) is 0 Å². The van der Waals surface area contributed by atoms with E-state index in [1.807, 2.05) is 20.1 Å². The van der Waals surface area contributed by atoms with Crippen LogP contribution in [0.25, 0.3) is 0 Å². The number of nitrogens with one attached hydrogen (secondary N) is 1. The lowest BCUT2D eigenvalue weighted by Crippen LogP contribution is -2.42. The summed E-state index contributed by atoms with van der Waals surface area (Å²) in [6.07, 6.45) is 2.91. The molecule has 0 aromatic carbocycles. The van der Waals surface area contributed by atoms with Crippen molar-refractivity contribution in [2.75, 3.05) is 18.6 Å². The van der Waals surface area contributed by atoms with E-state index in [2.05, 4.69) is 5.32 Å². The smallest absolute Gasteiger partial charge is 0.320 e. The average Bonchev–Trinajstić information content (AvgIpc) is 2.11. The summed E-state index contributed by atoms with van der Waals surface area (Å²) in [6.45, 7) is 4.74. The second-order valence-electron chi connectivity index (χ2n) is 3.15. The molecule has 0 spiro atoms. The normalized spacial score (nSPS) is 15.3. The Morgan fingerprint density at radius 3 is 2.62 bits per heavy atom. The van der Waals surface area contributed by atoms with Gasteiger partial charge < -0.3 is 10.4 Å². The first-order valence-electron chi connectivity index (χ1n) is 4.58. The molecular formula is C9H19NO2S. The number of carboxylic acids is 1. The maximum absolute atomic E-state index is 10.8. The van der Waals surface area contributed by atoms with Crippen LogP contribution in [-0.4, -0.2) is 35.7 Å². The van der Waals surface area contributed by atoms with Gasteiger partial charge in [0.2, 0.25) is 0 Å². The average molecular weight is 205 g/mol. The lowest BCUT2D eigenvalue weighted by Gasteiger charge is -2.19. The Kier molecular flexibility index (Phi) is 7.09. The van der Waals surface area contributed by atoms with Crippen molar-refractivity contribution in [1.82, 2.24) is 5.32 Å². The van der Waals surface area contributed by atoms with E-state index in [1.54, 1.807) is 11.8 Å². The van der Waals surface area contributed by atoms with Crippen LogP contribution in [-0.2, 0) is 4.79 Å². The summed E-state index contributed by atoms with van der Waals surface area (Å²) >= 11 is 1.72. The molecule has 2 atom stereocenters. The van der Waals surface area contributed by atoms with E-state index in [0.717, 1.165) is 18.7 Å². The van der Waals surface area contributed by atoms with Crippen molar-refractivity contribution >= 4 is 17.7 Å². The summed E-state index contributed by atoms with van der Waals surface area (Å²) in [5, 5.41) is 12.0. The molecule has 0 saturated heterocycles. The molecule has 0 aliphatic rings. The van der Waals surface area contributed by atoms with Crippen molar-refractivity contribution in [3.63, 3.8) is 0 Å². The van der Waals surface area contributed by atoms with Gasteiger partial charge in [-0.05, 0) is 12.2 Å². The molecular weight excluding hydrogens is 186 g/mol. The predicted octanol–water partition coefficient (Wildman–Crippen LogP) is 1.44.